The number of piperazine rings is 1. The van der Waals surface area contributed by atoms with Gasteiger partial charge in [-0.05, 0) is 6.07 Å². The molecule has 1 fully saturated rings. The van der Waals surface area contributed by atoms with Gasteiger partial charge >= 0.3 is 0 Å². The molecule has 1 amide bonds. The number of pyridine rings is 1. The van der Waals surface area contributed by atoms with Crippen LogP contribution in [0, 0.1) is 0 Å². The van der Waals surface area contributed by atoms with Crippen LogP contribution in [0.1, 0.15) is 10.4 Å². The molecule has 1 saturated heterocycles. The van der Waals surface area contributed by atoms with E-state index in [9.17, 15) is 4.79 Å². The highest BCUT2D eigenvalue weighted by Gasteiger charge is 2.22. The van der Waals surface area contributed by atoms with Crippen molar-refractivity contribution in [3.8, 4) is 5.88 Å². The molecule has 0 aromatic carbocycles. The summed E-state index contributed by atoms with van der Waals surface area (Å²) in [6.07, 6.45) is 3.12. The Kier molecular flexibility index (Phi) is 4.66. The number of nitrogens with zero attached hydrogens (tertiary/aromatic N) is 5. The van der Waals surface area contributed by atoms with E-state index in [4.69, 9.17) is 22.1 Å². The third-order valence-corrected chi connectivity index (χ3v) is 4.07. The van der Waals surface area contributed by atoms with Crippen LogP contribution in [0.3, 0.4) is 0 Å². The van der Waals surface area contributed by atoms with Crippen molar-refractivity contribution >= 4 is 29.3 Å². The maximum absolute atomic E-state index is 11.2. The topological polar surface area (TPSA) is 97.5 Å². The third-order valence-electron chi connectivity index (χ3n) is 3.79. The van der Waals surface area contributed by atoms with E-state index in [0.29, 0.717) is 41.3 Å². The number of amides is 1. The first-order chi connectivity index (χ1) is 11.6. The molecule has 126 valence electrons. The third kappa shape index (κ3) is 3.33. The number of rotatable bonds is 4. The molecule has 0 aliphatic carbocycles. The summed E-state index contributed by atoms with van der Waals surface area (Å²) in [7, 11) is 1.58. The Balaban J connectivity index is 1.69. The zero-order valence-corrected chi connectivity index (χ0v) is 13.9. The van der Waals surface area contributed by atoms with Gasteiger partial charge in [0.1, 0.15) is 5.82 Å². The van der Waals surface area contributed by atoms with Gasteiger partial charge < -0.3 is 20.3 Å². The van der Waals surface area contributed by atoms with Crippen LogP contribution >= 0.6 is 11.6 Å². The second-order valence-electron chi connectivity index (χ2n) is 5.27. The summed E-state index contributed by atoms with van der Waals surface area (Å²) < 4.78 is 5.13. The Bertz CT molecular complexity index is 748. The molecule has 0 bridgehead atoms. The molecule has 2 N–H and O–H groups in total. The Morgan fingerprint density at radius 3 is 2.58 bits per heavy atom. The quantitative estimate of drug-likeness (QED) is 0.878. The zero-order chi connectivity index (χ0) is 17.1. The molecule has 0 saturated carbocycles. The highest BCUT2D eigenvalue weighted by molar-refractivity contribution is 6.33. The van der Waals surface area contributed by atoms with Crippen LogP contribution in [-0.2, 0) is 0 Å². The molecular weight excluding hydrogens is 332 g/mol. The van der Waals surface area contributed by atoms with Crippen LogP contribution in [-0.4, -0.2) is 54.1 Å². The van der Waals surface area contributed by atoms with Crippen molar-refractivity contribution in [3.05, 3.63) is 35.1 Å². The Hall–Kier alpha value is -2.61. The molecule has 1 aliphatic rings. The number of hydrogen-bond acceptors (Lipinski definition) is 7. The minimum Gasteiger partial charge on any atom is -0.481 e. The molecule has 2 aromatic heterocycles. The highest BCUT2D eigenvalue weighted by atomic mass is 35.5. The van der Waals surface area contributed by atoms with E-state index in [0.717, 1.165) is 13.1 Å². The number of methoxy groups -OCH3 is 1. The van der Waals surface area contributed by atoms with Gasteiger partial charge in [-0.2, -0.15) is 4.98 Å². The molecule has 0 unspecified atom stereocenters. The molecule has 3 heterocycles. The summed E-state index contributed by atoms with van der Waals surface area (Å²) in [5.74, 6) is 1.27. The van der Waals surface area contributed by atoms with E-state index < -0.39 is 5.91 Å². The van der Waals surface area contributed by atoms with Crippen molar-refractivity contribution in [3.63, 3.8) is 0 Å². The molecule has 0 radical (unpaired) electrons. The minimum absolute atomic E-state index is 0.298. The summed E-state index contributed by atoms with van der Waals surface area (Å²) in [4.78, 5) is 28.2. The molecule has 2 aromatic rings. The summed E-state index contributed by atoms with van der Waals surface area (Å²) in [5, 5.41) is 0.414. The molecule has 0 atom stereocenters. The fourth-order valence-electron chi connectivity index (χ4n) is 2.51. The van der Waals surface area contributed by atoms with Crippen LogP contribution in [0.15, 0.2) is 24.5 Å². The van der Waals surface area contributed by atoms with Crippen molar-refractivity contribution in [2.75, 3.05) is 43.1 Å². The number of primary amides is 1. The molecule has 9 heteroatoms. The Morgan fingerprint density at radius 1 is 1.25 bits per heavy atom. The molecular formula is C15H17ClN6O2. The number of ether oxygens (including phenoxy) is 1. The maximum atomic E-state index is 11.2. The number of halogens is 1. The van der Waals surface area contributed by atoms with E-state index in [1.54, 1.807) is 25.4 Å². The van der Waals surface area contributed by atoms with E-state index in [2.05, 4.69) is 24.8 Å². The van der Waals surface area contributed by atoms with Crippen molar-refractivity contribution in [2.45, 2.75) is 0 Å². The van der Waals surface area contributed by atoms with E-state index in [1.165, 1.54) is 6.20 Å². The molecule has 8 nitrogen and oxygen atoms in total. The van der Waals surface area contributed by atoms with Crippen LogP contribution in [0.25, 0.3) is 0 Å². The molecule has 24 heavy (non-hydrogen) atoms. The van der Waals surface area contributed by atoms with Gasteiger partial charge in [-0.1, -0.05) is 11.6 Å². The number of anilines is 2. The predicted molar refractivity (Wildman–Crippen MR) is 90.8 cm³/mol. The monoisotopic (exact) mass is 348 g/mol. The van der Waals surface area contributed by atoms with Crippen LogP contribution in [0.4, 0.5) is 11.8 Å². The Morgan fingerprint density at radius 2 is 1.96 bits per heavy atom. The first kappa shape index (κ1) is 16.3. The maximum Gasteiger partial charge on any atom is 0.250 e. The normalized spacial score (nSPS) is 14.6. The second-order valence-corrected chi connectivity index (χ2v) is 5.67. The smallest absolute Gasteiger partial charge is 0.250 e. The largest absolute Gasteiger partial charge is 0.481 e. The predicted octanol–water partition coefficient (Wildman–Crippen LogP) is 0.959. The number of nitrogens with two attached hydrogens (primary N) is 1. The second kappa shape index (κ2) is 6.88. The van der Waals surface area contributed by atoms with Gasteiger partial charge in [0.25, 0.3) is 0 Å². The summed E-state index contributed by atoms with van der Waals surface area (Å²) in [5.41, 5.74) is 5.53. The van der Waals surface area contributed by atoms with Crippen molar-refractivity contribution in [1.82, 2.24) is 15.0 Å². The van der Waals surface area contributed by atoms with Gasteiger partial charge in [-0.3, -0.25) is 4.79 Å². The lowest BCUT2D eigenvalue weighted by Crippen LogP contribution is -2.47. The summed E-state index contributed by atoms with van der Waals surface area (Å²) in [6, 6.07) is 3.26. The lowest BCUT2D eigenvalue weighted by molar-refractivity contribution is 0.1000. The average molecular weight is 349 g/mol. The van der Waals surface area contributed by atoms with Crippen molar-refractivity contribution in [2.24, 2.45) is 5.73 Å². The molecule has 3 rings (SSSR count). The number of carbonyl (C=O) groups is 1. The summed E-state index contributed by atoms with van der Waals surface area (Å²) in [6.45, 7) is 2.87. The standard InChI is InChI=1S/C15H17ClN6O2/c1-24-12-2-3-18-15(20-12)22-6-4-21(5-7-22)14-11(16)8-10(9-19-14)13(17)23/h2-3,8-9H,4-7H2,1H3,(H2,17,23). The molecule has 1 aliphatic heterocycles. The van der Waals surface area contributed by atoms with Crippen LogP contribution in [0.2, 0.25) is 5.02 Å². The average Bonchev–Trinajstić information content (AvgIpc) is 2.62. The molecule has 0 spiro atoms. The SMILES string of the molecule is COc1ccnc(N2CCN(c3ncc(C(N)=O)cc3Cl)CC2)n1. The fraction of sp³-hybridized carbons (Fsp3) is 0.333. The van der Waals surface area contributed by atoms with E-state index >= 15 is 0 Å². The van der Waals surface area contributed by atoms with Gasteiger partial charge in [0, 0.05) is 44.6 Å². The fourth-order valence-corrected chi connectivity index (χ4v) is 2.80. The van der Waals surface area contributed by atoms with Gasteiger partial charge in [-0.25, -0.2) is 9.97 Å². The lowest BCUT2D eigenvalue weighted by Gasteiger charge is -2.35. The minimum atomic E-state index is -0.545. The Labute approximate surface area is 144 Å². The highest BCUT2D eigenvalue weighted by Crippen LogP contribution is 2.25. The van der Waals surface area contributed by atoms with E-state index in [1.807, 2.05) is 0 Å². The van der Waals surface area contributed by atoms with Gasteiger partial charge in [0.2, 0.25) is 17.7 Å². The van der Waals surface area contributed by atoms with E-state index in [-0.39, 0.29) is 0 Å². The zero-order valence-electron chi connectivity index (χ0n) is 13.1. The summed E-state index contributed by atoms with van der Waals surface area (Å²) >= 11 is 6.23. The van der Waals surface area contributed by atoms with Gasteiger partial charge in [-0.15, -0.1) is 0 Å². The van der Waals surface area contributed by atoms with Crippen LogP contribution in [0.5, 0.6) is 5.88 Å². The van der Waals surface area contributed by atoms with Crippen molar-refractivity contribution < 1.29 is 9.53 Å². The number of carbonyl (C=O) groups excluding carboxylic acids is 1. The first-order valence-corrected chi connectivity index (χ1v) is 7.78. The van der Waals surface area contributed by atoms with Crippen LogP contribution < -0.4 is 20.3 Å². The number of hydrogen-bond donors (Lipinski definition) is 1. The lowest BCUT2D eigenvalue weighted by atomic mass is 10.2. The number of aromatic nitrogens is 3. The van der Waals surface area contributed by atoms with Crippen molar-refractivity contribution in [1.29, 1.82) is 0 Å². The first-order valence-electron chi connectivity index (χ1n) is 7.41. The van der Waals surface area contributed by atoms with Gasteiger partial charge in [0.15, 0.2) is 0 Å². The van der Waals surface area contributed by atoms with Gasteiger partial charge in [0.05, 0.1) is 17.7 Å².